The molecule has 1 aromatic carbocycles. The molecule has 0 saturated carbocycles. The molecule has 0 aliphatic carbocycles. The Labute approximate surface area is 102 Å². The molecule has 4 N–H and O–H groups in total. The van der Waals surface area contributed by atoms with Crippen LogP contribution in [0.15, 0.2) is 18.2 Å². The Bertz CT molecular complexity index is 404. The summed E-state index contributed by atoms with van der Waals surface area (Å²) >= 11 is 0. The monoisotopic (exact) mass is 236 g/mol. The van der Waals surface area contributed by atoms with Gasteiger partial charge in [0.15, 0.2) is 0 Å². The molecule has 0 fully saturated rings. The van der Waals surface area contributed by atoms with Gasteiger partial charge in [0.25, 0.3) is 0 Å². The van der Waals surface area contributed by atoms with E-state index in [1.807, 2.05) is 6.92 Å². The number of benzene rings is 1. The lowest BCUT2D eigenvalue weighted by molar-refractivity contribution is 0.0698. The first-order valence-electron chi connectivity index (χ1n) is 5.85. The van der Waals surface area contributed by atoms with Crippen LogP contribution in [-0.2, 0) is 0 Å². The number of carboxylic acids is 1. The summed E-state index contributed by atoms with van der Waals surface area (Å²) < 4.78 is 0. The molecule has 4 heteroatoms. The number of hydrogen-bond donors (Lipinski definition) is 3. The Morgan fingerprint density at radius 1 is 1.47 bits per heavy atom. The molecule has 0 bridgehead atoms. The molecule has 0 aromatic heterocycles. The Hall–Kier alpha value is -1.71. The van der Waals surface area contributed by atoms with Crippen LogP contribution in [0.4, 0.5) is 11.4 Å². The van der Waals surface area contributed by atoms with E-state index in [0.29, 0.717) is 17.3 Å². The number of nitrogen functional groups attached to an aromatic ring is 1. The van der Waals surface area contributed by atoms with E-state index < -0.39 is 5.97 Å². The van der Waals surface area contributed by atoms with E-state index in [1.54, 1.807) is 12.1 Å². The Morgan fingerprint density at radius 3 is 2.65 bits per heavy atom. The largest absolute Gasteiger partial charge is 0.478 e. The van der Waals surface area contributed by atoms with Crippen LogP contribution in [0.3, 0.4) is 0 Å². The van der Waals surface area contributed by atoms with Crippen LogP contribution < -0.4 is 11.1 Å². The summed E-state index contributed by atoms with van der Waals surface area (Å²) in [5, 5.41) is 12.3. The van der Waals surface area contributed by atoms with Gasteiger partial charge in [0, 0.05) is 11.7 Å². The topological polar surface area (TPSA) is 75.3 Å². The van der Waals surface area contributed by atoms with E-state index in [-0.39, 0.29) is 11.6 Å². The summed E-state index contributed by atoms with van der Waals surface area (Å²) in [7, 11) is 0. The molecule has 0 heterocycles. The third-order valence-corrected chi connectivity index (χ3v) is 3.15. The van der Waals surface area contributed by atoms with Crippen molar-refractivity contribution in [1.82, 2.24) is 0 Å². The molecule has 1 rings (SSSR count). The van der Waals surface area contributed by atoms with Crippen molar-refractivity contribution in [2.24, 2.45) is 5.92 Å². The van der Waals surface area contributed by atoms with Gasteiger partial charge >= 0.3 is 5.97 Å². The number of aromatic carboxylic acids is 1. The average molecular weight is 236 g/mol. The zero-order chi connectivity index (χ0) is 13.0. The minimum atomic E-state index is -0.941. The standard InChI is InChI=1S/C13H20N2O2/c1-4-8(2)9(3)15-12-7-10(14)5-6-11(12)13(16)17/h5-9,15H,4,14H2,1-3H3,(H,16,17). The minimum absolute atomic E-state index is 0.208. The molecule has 0 aliphatic rings. The van der Waals surface area contributed by atoms with Crippen molar-refractivity contribution in [3.05, 3.63) is 23.8 Å². The zero-order valence-corrected chi connectivity index (χ0v) is 10.5. The maximum Gasteiger partial charge on any atom is 0.337 e. The number of carbonyl (C=O) groups is 1. The summed E-state index contributed by atoms with van der Waals surface area (Å²) in [6.07, 6.45) is 1.04. The number of hydrogen-bond acceptors (Lipinski definition) is 3. The normalized spacial score (nSPS) is 14.1. The molecular formula is C13H20N2O2. The first-order chi connectivity index (χ1) is 7.95. The van der Waals surface area contributed by atoms with Crippen LogP contribution in [0.2, 0.25) is 0 Å². The van der Waals surface area contributed by atoms with Gasteiger partial charge in [0.2, 0.25) is 0 Å². The van der Waals surface area contributed by atoms with E-state index >= 15 is 0 Å². The molecule has 4 nitrogen and oxygen atoms in total. The summed E-state index contributed by atoms with van der Waals surface area (Å²) in [5.74, 6) is -0.470. The van der Waals surface area contributed by atoms with Crippen LogP contribution in [0.1, 0.15) is 37.6 Å². The lowest BCUT2D eigenvalue weighted by Crippen LogP contribution is -2.24. The quantitative estimate of drug-likeness (QED) is 0.687. The Balaban J connectivity index is 2.96. The molecular weight excluding hydrogens is 216 g/mol. The highest BCUT2D eigenvalue weighted by molar-refractivity contribution is 5.95. The number of carboxylic acid groups (broad SMARTS) is 1. The highest BCUT2D eigenvalue weighted by Crippen LogP contribution is 2.22. The SMILES string of the molecule is CCC(C)C(C)Nc1cc(N)ccc1C(=O)O. The number of nitrogens with one attached hydrogen (secondary N) is 1. The van der Waals surface area contributed by atoms with Gasteiger partial charge in [-0.3, -0.25) is 0 Å². The molecule has 94 valence electrons. The number of nitrogens with two attached hydrogens (primary N) is 1. The van der Waals surface area contributed by atoms with Crippen LogP contribution in [0, 0.1) is 5.92 Å². The van der Waals surface area contributed by atoms with Crippen molar-refractivity contribution >= 4 is 17.3 Å². The van der Waals surface area contributed by atoms with E-state index in [0.717, 1.165) is 6.42 Å². The lowest BCUT2D eigenvalue weighted by atomic mass is 10.00. The van der Waals surface area contributed by atoms with Crippen molar-refractivity contribution < 1.29 is 9.90 Å². The summed E-state index contributed by atoms with van der Waals surface area (Å²) in [6.45, 7) is 6.29. The van der Waals surface area contributed by atoms with Crippen LogP contribution in [0.5, 0.6) is 0 Å². The number of anilines is 2. The predicted octanol–water partition coefficient (Wildman–Crippen LogP) is 2.81. The van der Waals surface area contributed by atoms with Crippen LogP contribution in [0.25, 0.3) is 0 Å². The fraction of sp³-hybridized carbons (Fsp3) is 0.462. The van der Waals surface area contributed by atoms with E-state index in [4.69, 9.17) is 10.8 Å². The summed E-state index contributed by atoms with van der Waals surface area (Å²) in [4.78, 5) is 11.1. The van der Waals surface area contributed by atoms with Gasteiger partial charge < -0.3 is 16.2 Å². The molecule has 2 atom stereocenters. The van der Waals surface area contributed by atoms with Crippen molar-refractivity contribution in [3.8, 4) is 0 Å². The second-order valence-electron chi connectivity index (χ2n) is 4.43. The van der Waals surface area contributed by atoms with E-state index in [1.165, 1.54) is 6.07 Å². The first kappa shape index (κ1) is 13.4. The van der Waals surface area contributed by atoms with Gasteiger partial charge in [-0.15, -0.1) is 0 Å². The van der Waals surface area contributed by atoms with Crippen LogP contribution >= 0.6 is 0 Å². The van der Waals surface area contributed by atoms with E-state index in [9.17, 15) is 4.79 Å². The second kappa shape index (κ2) is 5.57. The maximum absolute atomic E-state index is 11.1. The van der Waals surface area contributed by atoms with Gasteiger partial charge in [0.1, 0.15) is 0 Å². The predicted molar refractivity (Wildman–Crippen MR) is 70.4 cm³/mol. The zero-order valence-electron chi connectivity index (χ0n) is 10.5. The van der Waals surface area contributed by atoms with Crippen molar-refractivity contribution in [3.63, 3.8) is 0 Å². The van der Waals surface area contributed by atoms with E-state index in [2.05, 4.69) is 19.2 Å². The van der Waals surface area contributed by atoms with Crippen LogP contribution in [-0.4, -0.2) is 17.1 Å². The van der Waals surface area contributed by atoms with Crippen molar-refractivity contribution in [2.45, 2.75) is 33.2 Å². The van der Waals surface area contributed by atoms with Gasteiger partial charge in [-0.1, -0.05) is 20.3 Å². The fourth-order valence-electron chi connectivity index (χ4n) is 1.61. The van der Waals surface area contributed by atoms with Crippen molar-refractivity contribution in [1.29, 1.82) is 0 Å². The average Bonchev–Trinajstić information content (AvgIpc) is 2.27. The minimum Gasteiger partial charge on any atom is -0.478 e. The fourth-order valence-corrected chi connectivity index (χ4v) is 1.61. The molecule has 0 aliphatic heterocycles. The Kier molecular flexibility index (Phi) is 4.37. The third-order valence-electron chi connectivity index (χ3n) is 3.15. The van der Waals surface area contributed by atoms with Gasteiger partial charge in [-0.05, 0) is 31.0 Å². The number of rotatable bonds is 5. The third kappa shape index (κ3) is 3.37. The molecule has 2 unspecified atom stereocenters. The van der Waals surface area contributed by atoms with Crippen molar-refractivity contribution in [2.75, 3.05) is 11.1 Å². The summed E-state index contributed by atoms with van der Waals surface area (Å²) in [5.41, 5.74) is 7.09. The highest BCUT2D eigenvalue weighted by Gasteiger charge is 2.15. The summed E-state index contributed by atoms with van der Waals surface area (Å²) in [6, 6.07) is 5.01. The molecule has 0 radical (unpaired) electrons. The lowest BCUT2D eigenvalue weighted by Gasteiger charge is -2.22. The highest BCUT2D eigenvalue weighted by atomic mass is 16.4. The first-order valence-corrected chi connectivity index (χ1v) is 5.85. The van der Waals surface area contributed by atoms with Gasteiger partial charge in [-0.25, -0.2) is 4.79 Å². The second-order valence-corrected chi connectivity index (χ2v) is 4.43. The molecule has 17 heavy (non-hydrogen) atoms. The molecule has 0 saturated heterocycles. The molecule has 0 amide bonds. The Morgan fingerprint density at radius 2 is 2.12 bits per heavy atom. The van der Waals surface area contributed by atoms with Gasteiger partial charge in [0.05, 0.1) is 11.3 Å². The van der Waals surface area contributed by atoms with Gasteiger partial charge in [-0.2, -0.15) is 0 Å². The smallest absolute Gasteiger partial charge is 0.337 e. The maximum atomic E-state index is 11.1. The molecule has 1 aromatic rings. The molecule has 0 spiro atoms.